The summed E-state index contributed by atoms with van der Waals surface area (Å²) in [6.07, 6.45) is 0. The summed E-state index contributed by atoms with van der Waals surface area (Å²) >= 11 is 0. The summed E-state index contributed by atoms with van der Waals surface area (Å²) in [7, 11) is 4.51. The highest BCUT2D eigenvalue weighted by Crippen LogP contribution is 2.10. The zero-order chi connectivity index (χ0) is 13.5. The van der Waals surface area contributed by atoms with E-state index in [1.54, 1.807) is 0 Å². The number of rotatable bonds is 8. The van der Waals surface area contributed by atoms with Gasteiger partial charge in [-0.2, -0.15) is 0 Å². The largest absolute Gasteiger partial charge is 1.00 e. The number of halogens is 2. The van der Waals surface area contributed by atoms with Gasteiger partial charge < -0.3 is 52.4 Å². The van der Waals surface area contributed by atoms with E-state index in [0.29, 0.717) is 0 Å². The number of nitrogens with zero attached hydrogens (tertiary/aromatic N) is 2. The maximum absolute atomic E-state index is 5.83. The monoisotopic (exact) mass is 418 g/mol. The Morgan fingerprint density at radius 3 is 2.15 bits per heavy atom. The normalized spacial score (nSPS) is 18.0. The molecule has 20 heavy (non-hydrogen) atoms. The molecule has 1 aliphatic rings. The first-order chi connectivity index (χ1) is 8.54. The van der Waals surface area contributed by atoms with E-state index >= 15 is 0 Å². The Balaban J connectivity index is 0. The van der Waals surface area contributed by atoms with Crippen LogP contribution in [-0.2, 0) is 9.47 Å². The Morgan fingerprint density at radius 1 is 1.05 bits per heavy atom. The standard InChI is InChI=1S/C14H32N2O2.2BrH/c1-5-15(3,4)7-11-17-12-8-16(6-2)9-13-18-14-10-16;;/h5-14H2,1-4H3;2*1H/q+2;;/p-2. The number of ether oxygens (including phenoxy) is 2. The smallest absolute Gasteiger partial charge is 0.103 e. The van der Waals surface area contributed by atoms with Crippen LogP contribution in [0.1, 0.15) is 13.8 Å². The first kappa shape index (κ1) is 23.1. The van der Waals surface area contributed by atoms with Crippen molar-refractivity contribution in [3.63, 3.8) is 0 Å². The second-order valence-electron chi connectivity index (χ2n) is 6.03. The molecule has 0 aromatic heterocycles. The molecule has 1 heterocycles. The van der Waals surface area contributed by atoms with Crippen molar-refractivity contribution in [3.8, 4) is 0 Å². The van der Waals surface area contributed by atoms with Crippen molar-refractivity contribution in [2.75, 3.05) is 79.8 Å². The third-order valence-electron chi connectivity index (χ3n) is 4.50. The van der Waals surface area contributed by atoms with Crippen LogP contribution >= 0.6 is 0 Å². The third kappa shape index (κ3) is 8.29. The number of morpholine rings is 1. The summed E-state index contributed by atoms with van der Waals surface area (Å²) in [5.74, 6) is 0. The summed E-state index contributed by atoms with van der Waals surface area (Å²) < 4.78 is 13.5. The predicted octanol–water partition coefficient (Wildman–Crippen LogP) is -5.03. The lowest BCUT2D eigenvalue weighted by atomic mass is 10.3. The number of hydrogen-bond donors (Lipinski definition) is 0. The second-order valence-corrected chi connectivity index (χ2v) is 6.03. The Morgan fingerprint density at radius 2 is 1.65 bits per heavy atom. The van der Waals surface area contributed by atoms with Gasteiger partial charge in [0.25, 0.3) is 0 Å². The van der Waals surface area contributed by atoms with E-state index in [0.717, 1.165) is 63.6 Å². The van der Waals surface area contributed by atoms with Crippen molar-refractivity contribution in [1.29, 1.82) is 0 Å². The Kier molecular flexibility index (Phi) is 13.1. The fourth-order valence-corrected chi connectivity index (χ4v) is 2.26. The van der Waals surface area contributed by atoms with Crippen molar-refractivity contribution in [1.82, 2.24) is 0 Å². The molecule has 6 heteroatoms. The van der Waals surface area contributed by atoms with Crippen LogP contribution in [0.3, 0.4) is 0 Å². The topological polar surface area (TPSA) is 18.5 Å². The van der Waals surface area contributed by atoms with Crippen LogP contribution in [0.15, 0.2) is 0 Å². The first-order valence-corrected chi connectivity index (χ1v) is 7.36. The molecule has 0 aromatic rings. The van der Waals surface area contributed by atoms with Gasteiger partial charge in [0.1, 0.15) is 26.2 Å². The molecule has 0 saturated carbocycles. The second kappa shape index (κ2) is 11.4. The highest BCUT2D eigenvalue weighted by molar-refractivity contribution is 4.49. The van der Waals surface area contributed by atoms with Crippen molar-refractivity contribution < 1.29 is 52.4 Å². The molecule has 0 aliphatic carbocycles. The SMILES string of the molecule is CC[N+](C)(C)CCOCC[N+]1(CC)CCOCC1.[Br-].[Br-]. The summed E-state index contributed by atoms with van der Waals surface area (Å²) in [4.78, 5) is 0. The molecule has 0 unspecified atom stereocenters. The molecule has 0 spiro atoms. The van der Waals surface area contributed by atoms with Gasteiger partial charge in [-0.3, -0.25) is 0 Å². The van der Waals surface area contributed by atoms with E-state index in [4.69, 9.17) is 9.47 Å². The van der Waals surface area contributed by atoms with Gasteiger partial charge in [-0.25, -0.2) is 0 Å². The van der Waals surface area contributed by atoms with Gasteiger partial charge >= 0.3 is 0 Å². The zero-order valence-corrected chi connectivity index (χ0v) is 16.7. The number of quaternary nitrogens is 2. The van der Waals surface area contributed by atoms with Crippen LogP contribution in [0.25, 0.3) is 0 Å². The fourth-order valence-electron chi connectivity index (χ4n) is 2.26. The Bertz CT molecular complexity index is 235. The molecule has 124 valence electrons. The van der Waals surface area contributed by atoms with E-state index in [9.17, 15) is 0 Å². The first-order valence-electron chi connectivity index (χ1n) is 7.36. The Labute approximate surface area is 146 Å². The third-order valence-corrected chi connectivity index (χ3v) is 4.50. The molecule has 0 bridgehead atoms. The average Bonchev–Trinajstić information content (AvgIpc) is 2.39. The Hall–Kier alpha value is 0.800. The van der Waals surface area contributed by atoms with Gasteiger partial charge in [0.05, 0.1) is 53.6 Å². The van der Waals surface area contributed by atoms with E-state index in [1.165, 1.54) is 11.0 Å². The maximum Gasteiger partial charge on any atom is 0.103 e. The van der Waals surface area contributed by atoms with E-state index < -0.39 is 0 Å². The van der Waals surface area contributed by atoms with Gasteiger partial charge in [0.15, 0.2) is 0 Å². The van der Waals surface area contributed by atoms with Crippen LogP contribution in [0.4, 0.5) is 0 Å². The van der Waals surface area contributed by atoms with Crippen LogP contribution in [0, 0.1) is 0 Å². The van der Waals surface area contributed by atoms with E-state index in [-0.39, 0.29) is 34.0 Å². The molecule has 1 aliphatic heterocycles. The van der Waals surface area contributed by atoms with E-state index in [1.807, 2.05) is 0 Å². The summed E-state index contributed by atoms with van der Waals surface area (Å²) in [6, 6.07) is 0. The van der Waals surface area contributed by atoms with Crippen LogP contribution < -0.4 is 34.0 Å². The lowest BCUT2D eigenvalue weighted by molar-refractivity contribution is -0.934. The lowest BCUT2D eigenvalue weighted by Crippen LogP contribution is -3.00. The molecular formula is C14H32Br2N2O2. The lowest BCUT2D eigenvalue weighted by Gasteiger charge is -2.40. The quantitative estimate of drug-likeness (QED) is 0.289. The van der Waals surface area contributed by atoms with E-state index in [2.05, 4.69) is 27.9 Å². The highest BCUT2D eigenvalue weighted by Gasteiger charge is 2.28. The van der Waals surface area contributed by atoms with Gasteiger partial charge in [-0.05, 0) is 13.8 Å². The fraction of sp³-hybridized carbons (Fsp3) is 1.00. The summed E-state index contributed by atoms with van der Waals surface area (Å²) in [6.45, 7) is 15.0. The maximum atomic E-state index is 5.83. The van der Waals surface area contributed by atoms with Crippen molar-refractivity contribution in [2.45, 2.75) is 13.8 Å². The van der Waals surface area contributed by atoms with Crippen molar-refractivity contribution in [2.24, 2.45) is 0 Å². The molecular weight excluding hydrogens is 388 g/mol. The molecule has 1 rings (SSSR count). The van der Waals surface area contributed by atoms with Gasteiger partial charge in [0, 0.05) is 0 Å². The van der Waals surface area contributed by atoms with Gasteiger partial charge in [0.2, 0.25) is 0 Å². The number of hydrogen-bond acceptors (Lipinski definition) is 2. The highest BCUT2D eigenvalue weighted by atomic mass is 79.9. The minimum Gasteiger partial charge on any atom is -1.00 e. The molecule has 0 aromatic carbocycles. The number of likely N-dealkylation sites (N-methyl/N-ethyl adjacent to an activating group) is 2. The van der Waals surface area contributed by atoms with Crippen molar-refractivity contribution in [3.05, 3.63) is 0 Å². The van der Waals surface area contributed by atoms with Crippen molar-refractivity contribution >= 4 is 0 Å². The molecule has 0 N–H and O–H groups in total. The van der Waals surface area contributed by atoms with Crippen LogP contribution in [0.2, 0.25) is 0 Å². The summed E-state index contributed by atoms with van der Waals surface area (Å²) in [5, 5.41) is 0. The molecule has 0 amide bonds. The molecule has 1 fully saturated rings. The average molecular weight is 420 g/mol. The predicted molar refractivity (Wildman–Crippen MR) is 74.6 cm³/mol. The minimum absolute atomic E-state index is 0. The molecule has 1 saturated heterocycles. The van der Waals surface area contributed by atoms with Crippen LogP contribution in [0.5, 0.6) is 0 Å². The summed E-state index contributed by atoms with van der Waals surface area (Å²) in [5.41, 5.74) is 0. The van der Waals surface area contributed by atoms with Gasteiger partial charge in [-0.15, -0.1) is 0 Å². The van der Waals surface area contributed by atoms with Gasteiger partial charge in [-0.1, -0.05) is 0 Å². The molecule has 0 radical (unpaired) electrons. The minimum atomic E-state index is 0. The zero-order valence-electron chi connectivity index (χ0n) is 13.5. The van der Waals surface area contributed by atoms with Crippen LogP contribution in [-0.4, -0.2) is 88.8 Å². The molecule has 0 atom stereocenters. The molecule has 4 nitrogen and oxygen atoms in total.